The fraction of sp³-hybridized carbons (Fsp3) is 0.348. The number of aliphatic hydroxyl groups excluding tert-OH is 2. The molecule has 12 heteroatoms. The maximum atomic E-state index is 14.2. The molecule has 0 aliphatic carbocycles. The smallest absolute Gasteiger partial charge is 0.335 e. The van der Waals surface area contributed by atoms with Crippen LogP contribution in [0.15, 0.2) is 42.5 Å². The molecule has 1 aliphatic heterocycles. The highest BCUT2D eigenvalue weighted by Gasteiger charge is 2.29. The minimum Gasteiger partial charge on any atom is -0.479 e. The minimum atomic E-state index is -2.27. The van der Waals surface area contributed by atoms with E-state index in [2.05, 4.69) is 10.4 Å². The van der Waals surface area contributed by atoms with Gasteiger partial charge in [-0.3, -0.25) is 0 Å². The van der Waals surface area contributed by atoms with Crippen LogP contribution in [0, 0.1) is 17.6 Å². The molecule has 1 aromatic heterocycles. The Balaban J connectivity index is 0.000000292. The first-order valence-electron chi connectivity index (χ1n) is 10.8. The van der Waals surface area contributed by atoms with E-state index in [1.165, 1.54) is 22.9 Å². The highest BCUT2D eigenvalue weighted by molar-refractivity contribution is 5.86. The van der Waals surface area contributed by atoms with Crippen LogP contribution < -0.4 is 10.1 Å². The number of rotatable bonds is 7. The molecule has 2 aromatic carbocycles. The molecule has 1 saturated heterocycles. The Morgan fingerprint density at radius 3 is 2.40 bits per heavy atom. The van der Waals surface area contributed by atoms with Gasteiger partial charge in [0.2, 0.25) is 5.88 Å². The summed E-state index contributed by atoms with van der Waals surface area (Å²) in [7, 11) is 0. The number of nitrogens with zero attached hydrogens (tertiary/aromatic N) is 2. The van der Waals surface area contributed by atoms with Gasteiger partial charge >= 0.3 is 11.9 Å². The van der Waals surface area contributed by atoms with Gasteiger partial charge in [-0.2, -0.15) is 0 Å². The summed E-state index contributed by atoms with van der Waals surface area (Å²) in [5.41, 5.74) is 0.927. The Hall–Kier alpha value is -3.61. The quantitative estimate of drug-likeness (QED) is 0.330. The van der Waals surface area contributed by atoms with Crippen molar-refractivity contribution in [3.8, 4) is 11.6 Å². The molecule has 0 amide bonds. The highest BCUT2D eigenvalue weighted by Crippen LogP contribution is 2.29. The summed E-state index contributed by atoms with van der Waals surface area (Å²) in [6.07, 6.45) is -2.32. The number of carboxylic acids is 2. The third-order valence-corrected chi connectivity index (χ3v) is 5.35. The molecule has 5 N–H and O–H groups in total. The molecule has 0 spiro atoms. The van der Waals surface area contributed by atoms with Gasteiger partial charge in [-0.1, -0.05) is 12.1 Å². The zero-order valence-corrected chi connectivity index (χ0v) is 18.5. The third kappa shape index (κ3) is 6.50. The van der Waals surface area contributed by atoms with Crippen molar-refractivity contribution in [2.75, 3.05) is 19.7 Å². The van der Waals surface area contributed by atoms with E-state index in [9.17, 15) is 18.4 Å². The Bertz CT molecular complexity index is 1160. The Morgan fingerprint density at radius 2 is 1.80 bits per heavy atom. The van der Waals surface area contributed by atoms with E-state index in [-0.39, 0.29) is 11.6 Å². The lowest BCUT2D eigenvalue weighted by Crippen LogP contribution is -2.39. The zero-order chi connectivity index (χ0) is 25.5. The zero-order valence-electron chi connectivity index (χ0n) is 18.5. The average Bonchev–Trinajstić information content (AvgIpc) is 3.20. The number of piperidine rings is 1. The molecule has 3 atom stereocenters. The van der Waals surface area contributed by atoms with Crippen LogP contribution >= 0.6 is 0 Å². The number of aliphatic carboxylic acids is 2. The first-order valence-corrected chi connectivity index (χ1v) is 10.8. The monoisotopic (exact) mass is 493 g/mol. The summed E-state index contributed by atoms with van der Waals surface area (Å²) in [5, 5.41) is 40.8. The first kappa shape index (κ1) is 26.0. The first-order chi connectivity index (χ1) is 16.7. The van der Waals surface area contributed by atoms with Gasteiger partial charge in [-0.05, 0) is 49.7 Å². The van der Waals surface area contributed by atoms with Gasteiger partial charge in [0.1, 0.15) is 17.3 Å². The van der Waals surface area contributed by atoms with E-state index in [4.69, 9.17) is 25.2 Å². The normalized spacial score (nSPS) is 17.2. The molecule has 35 heavy (non-hydrogen) atoms. The number of ether oxygens (including phenoxy) is 1. The van der Waals surface area contributed by atoms with Crippen LogP contribution in [0.3, 0.4) is 0 Å². The molecule has 1 aliphatic rings. The number of nitrogens with one attached hydrogen (secondary N) is 1. The summed E-state index contributed by atoms with van der Waals surface area (Å²) >= 11 is 0. The lowest BCUT2D eigenvalue weighted by atomic mass is 10.0. The number of fused-ring (bicyclic) bond motifs is 1. The van der Waals surface area contributed by atoms with E-state index in [0.29, 0.717) is 35.0 Å². The number of hydrogen-bond donors (Lipinski definition) is 5. The number of aliphatic hydroxyl groups is 2. The molecule has 2 heterocycles. The summed E-state index contributed by atoms with van der Waals surface area (Å²) in [6, 6.07) is 10.7. The van der Waals surface area contributed by atoms with Gasteiger partial charge in [0.25, 0.3) is 0 Å². The molecule has 1 fully saturated rings. The van der Waals surface area contributed by atoms with E-state index >= 15 is 0 Å². The fourth-order valence-electron chi connectivity index (χ4n) is 3.51. The maximum absolute atomic E-state index is 14.2. The van der Waals surface area contributed by atoms with Crippen LogP contribution in [0.5, 0.6) is 5.88 Å². The van der Waals surface area contributed by atoms with Crippen LogP contribution in [0.2, 0.25) is 0 Å². The van der Waals surface area contributed by atoms with Gasteiger partial charge in [0.15, 0.2) is 12.2 Å². The van der Waals surface area contributed by atoms with Crippen molar-refractivity contribution in [3.05, 3.63) is 54.1 Å². The van der Waals surface area contributed by atoms with Crippen LogP contribution in [0.4, 0.5) is 8.78 Å². The Labute approximate surface area is 198 Å². The van der Waals surface area contributed by atoms with Gasteiger partial charge in [-0.25, -0.2) is 23.1 Å². The van der Waals surface area contributed by atoms with E-state index in [0.717, 1.165) is 25.9 Å². The second kappa shape index (κ2) is 11.7. The van der Waals surface area contributed by atoms with Crippen molar-refractivity contribution >= 4 is 22.8 Å². The summed E-state index contributed by atoms with van der Waals surface area (Å²) in [6.45, 7) is 2.44. The van der Waals surface area contributed by atoms with Crippen LogP contribution in [-0.4, -0.2) is 74.0 Å². The number of hydrogen-bond acceptors (Lipinski definition) is 7. The summed E-state index contributed by atoms with van der Waals surface area (Å²) < 4.78 is 35.3. The van der Waals surface area contributed by atoms with Crippen molar-refractivity contribution in [3.63, 3.8) is 0 Å². The summed E-state index contributed by atoms with van der Waals surface area (Å²) in [5.74, 6) is -3.56. The number of carboxylic acid groups (broad SMARTS) is 2. The maximum Gasteiger partial charge on any atom is 0.335 e. The predicted molar refractivity (Wildman–Crippen MR) is 119 cm³/mol. The van der Waals surface area contributed by atoms with Crippen LogP contribution in [0.25, 0.3) is 16.6 Å². The standard InChI is InChI=1S/C19H19F2N3O.C4H6O6/c20-14-7-8-17-15(10-14)19(25-12-13-4-3-9-22-11-13)23-24(17)18-6-2-1-5-16(18)21;5-1(3(7)8)2(6)4(9)10/h1-2,5-8,10,13,22H,3-4,9,11-12H2;1-2,5-6H,(H,7,8)(H,9,10)/t13-;/m0./s1. The molecule has 0 saturated carbocycles. The van der Waals surface area contributed by atoms with Gasteiger partial charge in [-0.15, -0.1) is 5.10 Å². The largest absolute Gasteiger partial charge is 0.479 e. The Kier molecular flexibility index (Phi) is 8.68. The SMILES string of the molecule is Fc1ccc2c(c1)c(OC[C@H]1CCCNC1)nn2-c1ccccc1F.O=C(O)C(O)C(O)C(=O)O. The number of carbonyl (C=O) groups is 2. The van der Waals surface area contributed by atoms with Crippen molar-refractivity contribution in [1.29, 1.82) is 0 Å². The van der Waals surface area contributed by atoms with Crippen molar-refractivity contribution in [2.24, 2.45) is 5.92 Å². The predicted octanol–water partition coefficient (Wildman–Crippen LogP) is 1.56. The van der Waals surface area contributed by atoms with Gasteiger partial charge < -0.3 is 30.5 Å². The lowest BCUT2D eigenvalue weighted by molar-refractivity contribution is -0.165. The van der Waals surface area contributed by atoms with Crippen molar-refractivity contribution in [2.45, 2.75) is 25.0 Å². The summed E-state index contributed by atoms with van der Waals surface area (Å²) in [4.78, 5) is 19.5. The van der Waals surface area contributed by atoms with Gasteiger partial charge in [0.05, 0.1) is 17.5 Å². The number of para-hydroxylation sites is 1. The average molecular weight is 493 g/mol. The van der Waals surface area contributed by atoms with E-state index in [1.807, 2.05) is 0 Å². The molecule has 2 unspecified atom stereocenters. The van der Waals surface area contributed by atoms with Crippen molar-refractivity contribution in [1.82, 2.24) is 15.1 Å². The minimum absolute atomic E-state index is 0.313. The second-order valence-corrected chi connectivity index (χ2v) is 7.92. The van der Waals surface area contributed by atoms with Gasteiger partial charge in [0, 0.05) is 12.5 Å². The second-order valence-electron chi connectivity index (χ2n) is 7.92. The van der Waals surface area contributed by atoms with Crippen LogP contribution in [-0.2, 0) is 9.59 Å². The number of halogens is 2. The molecule has 0 bridgehead atoms. The highest BCUT2D eigenvalue weighted by atomic mass is 19.1. The Morgan fingerprint density at radius 1 is 1.11 bits per heavy atom. The van der Waals surface area contributed by atoms with Crippen LogP contribution in [0.1, 0.15) is 12.8 Å². The molecular formula is C23H25F2N3O7. The molecule has 4 rings (SSSR count). The molecule has 3 aromatic rings. The van der Waals surface area contributed by atoms with E-state index in [1.54, 1.807) is 24.3 Å². The molecule has 0 radical (unpaired) electrons. The fourth-order valence-corrected chi connectivity index (χ4v) is 3.51. The topological polar surface area (TPSA) is 154 Å². The van der Waals surface area contributed by atoms with E-state index < -0.39 is 24.1 Å². The molecule has 188 valence electrons. The third-order valence-electron chi connectivity index (χ3n) is 5.35. The number of benzene rings is 2. The molecular weight excluding hydrogens is 468 g/mol. The van der Waals surface area contributed by atoms with Crippen molar-refractivity contribution < 1.29 is 43.5 Å². The molecule has 10 nitrogen and oxygen atoms in total. The number of aromatic nitrogens is 2. The lowest BCUT2D eigenvalue weighted by Gasteiger charge is -2.22.